The van der Waals surface area contributed by atoms with Gasteiger partial charge in [0, 0.05) is 30.6 Å². The molecule has 2 aliphatic rings. The van der Waals surface area contributed by atoms with Crippen LogP contribution in [0.15, 0.2) is 60.7 Å². The van der Waals surface area contributed by atoms with Crippen LogP contribution < -0.4 is 10.1 Å². The van der Waals surface area contributed by atoms with Gasteiger partial charge in [-0.25, -0.2) is 0 Å². The predicted octanol–water partition coefficient (Wildman–Crippen LogP) is 3.32. The summed E-state index contributed by atoms with van der Waals surface area (Å²) in [5.74, 6) is 1.07. The summed E-state index contributed by atoms with van der Waals surface area (Å²) in [6.07, 6.45) is 2.94. The van der Waals surface area contributed by atoms with E-state index in [0.717, 1.165) is 44.3 Å². The Balaban J connectivity index is 1.39. The Hall–Kier alpha value is -2.82. The maximum atomic E-state index is 13.0. The van der Waals surface area contributed by atoms with Crippen molar-refractivity contribution in [2.75, 3.05) is 13.1 Å². The lowest BCUT2D eigenvalue weighted by atomic mass is 10.0. The van der Waals surface area contributed by atoms with Crippen LogP contribution in [0.3, 0.4) is 0 Å². The molecule has 1 atom stereocenters. The highest BCUT2D eigenvalue weighted by atomic mass is 16.5. The van der Waals surface area contributed by atoms with E-state index in [4.69, 9.17) is 4.74 Å². The highest BCUT2D eigenvalue weighted by Gasteiger charge is 2.35. The topological polar surface area (TPSA) is 58.6 Å². The molecule has 1 aliphatic heterocycles. The normalized spacial score (nSPS) is 18.4. The first-order valence-electron chi connectivity index (χ1n) is 10.1. The molecule has 0 spiro atoms. The van der Waals surface area contributed by atoms with Crippen LogP contribution in [-0.4, -0.2) is 35.8 Å². The van der Waals surface area contributed by atoms with Gasteiger partial charge in [-0.05, 0) is 37.8 Å². The minimum atomic E-state index is -0.699. The average Bonchev–Trinajstić information content (AvgIpc) is 3.59. The molecule has 5 heteroatoms. The molecule has 1 heterocycles. The van der Waals surface area contributed by atoms with Gasteiger partial charge < -0.3 is 15.0 Å². The van der Waals surface area contributed by atoms with Gasteiger partial charge in [0.25, 0.3) is 5.91 Å². The van der Waals surface area contributed by atoms with Crippen molar-refractivity contribution in [3.05, 3.63) is 66.2 Å². The summed E-state index contributed by atoms with van der Waals surface area (Å²) in [5, 5.41) is 3.14. The summed E-state index contributed by atoms with van der Waals surface area (Å²) >= 11 is 0. The second-order valence-corrected chi connectivity index (χ2v) is 7.60. The lowest BCUT2D eigenvalue weighted by Gasteiger charge is -2.33. The number of carbonyl (C=O) groups is 2. The monoisotopic (exact) mass is 378 g/mol. The van der Waals surface area contributed by atoms with Gasteiger partial charge in [-0.3, -0.25) is 9.59 Å². The second-order valence-electron chi connectivity index (χ2n) is 7.60. The number of hydrogen-bond donors (Lipinski definition) is 1. The summed E-state index contributed by atoms with van der Waals surface area (Å²) < 4.78 is 6.03. The first-order valence-corrected chi connectivity index (χ1v) is 10.1. The van der Waals surface area contributed by atoms with Crippen molar-refractivity contribution >= 4 is 11.8 Å². The summed E-state index contributed by atoms with van der Waals surface area (Å²) in [4.78, 5) is 27.2. The van der Waals surface area contributed by atoms with E-state index in [1.54, 1.807) is 0 Å². The third-order valence-electron chi connectivity index (χ3n) is 5.42. The molecule has 5 nitrogen and oxygen atoms in total. The Labute approximate surface area is 165 Å². The van der Waals surface area contributed by atoms with Crippen molar-refractivity contribution in [3.8, 4) is 5.75 Å². The van der Waals surface area contributed by atoms with Crippen molar-refractivity contribution in [2.24, 2.45) is 5.92 Å². The number of amides is 2. The minimum absolute atomic E-state index is 0.0707. The third-order valence-corrected chi connectivity index (χ3v) is 5.42. The van der Waals surface area contributed by atoms with E-state index in [-0.39, 0.29) is 17.9 Å². The lowest BCUT2D eigenvalue weighted by Crippen LogP contribution is -2.48. The summed E-state index contributed by atoms with van der Waals surface area (Å²) in [5.41, 5.74) is 0.824. The van der Waals surface area contributed by atoms with E-state index >= 15 is 0 Å². The van der Waals surface area contributed by atoms with E-state index in [0.29, 0.717) is 11.7 Å². The zero-order chi connectivity index (χ0) is 19.3. The van der Waals surface area contributed by atoms with Crippen molar-refractivity contribution in [3.63, 3.8) is 0 Å². The molecule has 1 aliphatic carbocycles. The van der Waals surface area contributed by atoms with E-state index in [2.05, 4.69) is 5.32 Å². The molecule has 146 valence electrons. The lowest BCUT2D eigenvalue weighted by molar-refractivity contribution is -0.134. The van der Waals surface area contributed by atoms with Gasteiger partial charge in [0.15, 0.2) is 0 Å². The van der Waals surface area contributed by atoms with Gasteiger partial charge in [0.1, 0.15) is 5.75 Å². The Kier molecular flexibility index (Phi) is 5.60. The SMILES string of the molecule is O=C(NC1CCN(C(=O)C2CC2)CC1)[C@@H](Oc1ccccc1)c1ccccc1. The van der Waals surface area contributed by atoms with Crippen LogP contribution in [0, 0.1) is 5.92 Å². The average molecular weight is 378 g/mol. The van der Waals surface area contributed by atoms with Crippen LogP contribution >= 0.6 is 0 Å². The quantitative estimate of drug-likeness (QED) is 0.839. The number of rotatable bonds is 6. The summed E-state index contributed by atoms with van der Waals surface area (Å²) in [6, 6.07) is 19.0. The molecule has 1 saturated carbocycles. The smallest absolute Gasteiger partial charge is 0.266 e. The van der Waals surface area contributed by atoms with Gasteiger partial charge in [-0.2, -0.15) is 0 Å². The number of carbonyl (C=O) groups excluding carboxylic acids is 2. The largest absolute Gasteiger partial charge is 0.476 e. The number of hydrogen-bond acceptors (Lipinski definition) is 3. The first-order chi connectivity index (χ1) is 13.7. The molecule has 4 rings (SSSR count). The van der Waals surface area contributed by atoms with Gasteiger partial charge in [-0.1, -0.05) is 48.5 Å². The van der Waals surface area contributed by atoms with Crippen LogP contribution in [0.5, 0.6) is 5.75 Å². The molecular formula is C23H26N2O3. The van der Waals surface area contributed by atoms with Gasteiger partial charge in [0.2, 0.25) is 12.0 Å². The Bertz CT molecular complexity index is 797. The third kappa shape index (κ3) is 4.53. The van der Waals surface area contributed by atoms with Crippen LogP contribution in [-0.2, 0) is 9.59 Å². The maximum Gasteiger partial charge on any atom is 0.266 e. The molecule has 0 bridgehead atoms. The zero-order valence-corrected chi connectivity index (χ0v) is 15.9. The molecule has 1 N–H and O–H groups in total. The Morgan fingerprint density at radius 3 is 2.11 bits per heavy atom. The molecular weight excluding hydrogens is 352 g/mol. The fraction of sp³-hybridized carbons (Fsp3) is 0.391. The number of benzene rings is 2. The molecule has 2 fully saturated rings. The predicted molar refractivity (Wildman–Crippen MR) is 107 cm³/mol. The maximum absolute atomic E-state index is 13.0. The molecule has 0 aromatic heterocycles. The number of piperidine rings is 1. The van der Waals surface area contributed by atoms with Crippen LogP contribution in [0.2, 0.25) is 0 Å². The highest BCUT2D eigenvalue weighted by molar-refractivity contribution is 5.83. The minimum Gasteiger partial charge on any atom is -0.476 e. The Morgan fingerprint density at radius 1 is 0.893 bits per heavy atom. The fourth-order valence-corrected chi connectivity index (χ4v) is 3.65. The van der Waals surface area contributed by atoms with Gasteiger partial charge in [0.05, 0.1) is 0 Å². The Morgan fingerprint density at radius 2 is 1.50 bits per heavy atom. The van der Waals surface area contributed by atoms with Crippen LogP contribution in [0.25, 0.3) is 0 Å². The standard InChI is InChI=1S/C23H26N2O3/c26-22(24-19-13-15-25(16-14-19)23(27)18-11-12-18)21(17-7-3-1-4-8-17)28-20-9-5-2-6-10-20/h1-10,18-19,21H,11-16H2,(H,24,26)/t21-/m0/s1. The first kappa shape index (κ1) is 18.5. The van der Waals surface area contributed by atoms with Gasteiger partial charge >= 0.3 is 0 Å². The molecule has 2 aromatic carbocycles. The van der Waals surface area contributed by atoms with Crippen LogP contribution in [0.4, 0.5) is 0 Å². The van der Waals surface area contributed by atoms with Crippen LogP contribution in [0.1, 0.15) is 37.4 Å². The van der Waals surface area contributed by atoms with Crippen molar-refractivity contribution < 1.29 is 14.3 Å². The van der Waals surface area contributed by atoms with Crippen molar-refractivity contribution in [1.82, 2.24) is 10.2 Å². The zero-order valence-electron chi connectivity index (χ0n) is 15.9. The molecule has 2 aromatic rings. The molecule has 0 unspecified atom stereocenters. The van der Waals surface area contributed by atoms with E-state index in [9.17, 15) is 9.59 Å². The van der Waals surface area contributed by atoms with Gasteiger partial charge in [-0.15, -0.1) is 0 Å². The molecule has 2 amide bonds. The summed E-state index contributed by atoms with van der Waals surface area (Å²) in [6.45, 7) is 1.44. The number of ether oxygens (including phenoxy) is 1. The fourth-order valence-electron chi connectivity index (χ4n) is 3.65. The number of likely N-dealkylation sites (tertiary alicyclic amines) is 1. The number of para-hydroxylation sites is 1. The van der Waals surface area contributed by atoms with E-state index < -0.39 is 6.10 Å². The van der Waals surface area contributed by atoms with E-state index in [1.807, 2.05) is 65.6 Å². The van der Waals surface area contributed by atoms with E-state index in [1.165, 1.54) is 0 Å². The highest BCUT2D eigenvalue weighted by Crippen LogP contribution is 2.32. The van der Waals surface area contributed by atoms with Crippen molar-refractivity contribution in [2.45, 2.75) is 37.8 Å². The summed E-state index contributed by atoms with van der Waals surface area (Å²) in [7, 11) is 0. The number of nitrogens with zero attached hydrogens (tertiary/aromatic N) is 1. The molecule has 1 saturated heterocycles. The molecule has 0 radical (unpaired) electrons. The number of nitrogens with one attached hydrogen (secondary N) is 1. The second kappa shape index (κ2) is 8.46. The molecule has 28 heavy (non-hydrogen) atoms. The van der Waals surface area contributed by atoms with Crippen molar-refractivity contribution in [1.29, 1.82) is 0 Å².